The van der Waals surface area contributed by atoms with Gasteiger partial charge in [-0.2, -0.15) is 16.3 Å². The molecule has 1 amide bonds. The van der Waals surface area contributed by atoms with E-state index >= 15 is 0 Å². The van der Waals surface area contributed by atoms with Crippen molar-refractivity contribution in [3.63, 3.8) is 0 Å². The number of thiophene rings is 1. The first kappa shape index (κ1) is 18.9. The van der Waals surface area contributed by atoms with Gasteiger partial charge in [0, 0.05) is 61.7 Å². The molecule has 0 unspecified atom stereocenters. The zero-order chi connectivity index (χ0) is 19.9. The summed E-state index contributed by atoms with van der Waals surface area (Å²) in [5.74, 6) is 1.03. The minimum atomic E-state index is 0.0148. The summed E-state index contributed by atoms with van der Waals surface area (Å²) in [4.78, 5) is 27.3. The van der Waals surface area contributed by atoms with Gasteiger partial charge < -0.3 is 9.42 Å². The van der Waals surface area contributed by atoms with Crippen LogP contribution in [0.3, 0.4) is 0 Å². The number of pyridine rings is 2. The second-order valence-corrected chi connectivity index (χ2v) is 7.27. The summed E-state index contributed by atoms with van der Waals surface area (Å²) in [6, 6.07) is 9.60. The summed E-state index contributed by atoms with van der Waals surface area (Å²) < 4.78 is 5.31. The summed E-state index contributed by atoms with van der Waals surface area (Å²) in [7, 11) is 0. The maximum Gasteiger partial charge on any atom is 0.227 e. The van der Waals surface area contributed by atoms with Crippen LogP contribution in [0, 0.1) is 0 Å². The molecule has 0 aliphatic rings. The molecule has 0 saturated heterocycles. The van der Waals surface area contributed by atoms with E-state index < -0.39 is 0 Å². The van der Waals surface area contributed by atoms with E-state index in [1.807, 2.05) is 46.0 Å². The first-order valence-corrected chi connectivity index (χ1v) is 10.1. The zero-order valence-corrected chi connectivity index (χ0v) is 16.5. The number of nitrogens with zero attached hydrogens (tertiary/aromatic N) is 5. The fraction of sp³-hybridized carbons (Fsp3) is 0.190. The van der Waals surface area contributed by atoms with Crippen molar-refractivity contribution in [1.82, 2.24) is 25.0 Å². The maximum atomic E-state index is 13.0. The van der Waals surface area contributed by atoms with Crippen LogP contribution in [0.2, 0.25) is 0 Å². The third-order valence-corrected chi connectivity index (χ3v) is 5.06. The Morgan fingerprint density at radius 1 is 1.03 bits per heavy atom. The molecule has 0 radical (unpaired) electrons. The molecule has 4 rings (SSSR count). The zero-order valence-electron chi connectivity index (χ0n) is 15.6. The number of carbonyl (C=O) groups is 1. The van der Waals surface area contributed by atoms with E-state index in [-0.39, 0.29) is 12.3 Å². The Morgan fingerprint density at radius 3 is 2.66 bits per heavy atom. The number of carbonyl (C=O) groups excluding carboxylic acids is 1. The van der Waals surface area contributed by atoms with Crippen LogP contribution >= 0.6 is 11.3 Å². The fourth-order valence-corrected chi connectivity index (χ4v) is 3.52. The van der Waals surface area contributed by atoms with Gasteiger partial charge in [0.25, 0.3) is 0 Å². The van der Waals surface area contributed by atoms with Crippen molar-refractivity contribution < 1.29 is 9.32 Å². The van der Waals surface area contributed by atoms with Crippen molar-refractivity contribution >= 4 is 17.2 Å². The lowest BCUT2D eigenvalue weighted by molar-refractivity contribution is -0.132. The van der Waals surface area contributed by atoms with Gasteiger partial charge >= 0.3 is 0 Å². The highest BCUT2D eigenvalue weighted by molar-refractivity contribution is 7.08. The Hall–Kier alpha value is -3.39. The standard InChI is InChI=1S/C21H19N5O2S/c27-20(4-3-19-24-21(25-28-19)18-7-11-29-15-18)26(13-16-5-9-22-10-6-16)14-17-2-1-8-23-12-17/h1-2,5-12,15H,3-4,13-14H2. The molecular weight excluding hydrogens is 386 g/mol. The molecule has 0 N–H and O–H groups in total. The second-order valence-electron chi connectivity index (χ2n) is 6.49. The predicted molar refractivity (Wildman–Crippen MR) is 109 cm³/mol. The Morgan fingerprint density at radius 2 is 1.90 bits per heavy atom. The van der Waals surface area contributed by atoms with E-state index in [2.05, 4.69) is 20.1 Å². The minimum absolute atomic E-state index is 0.0148. The SMILES string of the molecule is O=C(CCc1nc(-c2ccsc2)no1)N(Cc1ccncc1)Cc1cccnc1. The van der Waals surface area contributed by atoms with Gasteiger partial charge in [-0.05, 0) is 40.8 Å². The molecule has 0 aliphatic heterocycles. The largest absolute Gasteiger partial charge is 0.339 e. The van der Waals surface area contributed by atoms with Crippen LogP contribution in [0.15, 0.2) is 70.4 Å². The Balaban J connectivity index is 1.43. The lowest BCUT2D eigenvalue weighted by Crippen LogP contribution is -2.30. The van der Waals surface area contributed by atoms with E-state index in [9.17, 15) is 4.79 Å². The number of aryl methyl sites for hydroxylation is 1. The smallest absolute Gasteiger partial charge is 0.227 e. The molecule has 0 aliphatic carbocycles. The van der Waals surface area contributed by atoms with Gasteiger partial charge in [-0.3, -0.25) is 14.8 Å². The summed E-state index contributed by atoms with van der Waals surface area (Å²) >= 11 is 1.58. The van der Waals surface area contributed by atoms with Crippen LogP contribution in [0.5, 0.6) is 0 Å². The number of hydrogen-bond donors (Lipinski definition) is 0. The molecule has 4 aromatic rings. The summed E-state index contributed by atoms with van der Waals surface area (Å²) in [5, 5.41) is 7.92. The molecule has 0 aromatic carbocycles. The number of amides is 1. The van der Waals surface area contributed by atoms with E-state index in [4.69, 9.17) is 4.52 Å². The molecule has 0 saturated carbocycles. The molecule has 29 heavy (non-hydrogen) atoms. The van der Waals surface area contributed by atoms with E-state index in [0.717, 1.165) is 16.7 Å². The Kier molecular flexibility index (Phi) is 6.01. The fourth-order valence-electron chi connectivity index (χ4n) is 2.89. The van der Waals surface area contributed by atoms with Gasteiger partial charge in [0.05, 0.1) is 0 Å². The normalized spacial score (nSPS) is 10.8. The van der Waals surface area contributed by atoms with Crippen LogP contribution in [0.1, 0.15) is 23.4 Å². The third-order valence-electron chi connectivity index (χ3n) is 4.37. The topological polar surface area (TPSA) is 85.0 Å². The van der Waals surface area contributed by atoms with Gasteiger partial charge in [0.2, 0.25) is 17.6 Å². The highest BCUT2D eigenvalue weighted by Crippen LogP contribution is 2.19. The second kappa shape index (κ2) is 9.20. The van der Waals surface area contributed by atoms with Gasteiger partial charge in [-0.15, -0.1) is 0 Å². The van der Waals surface area contributed by atoms with E-state index in [1.54, 1.807) is 36.1 Å². The lowest BCUT2D eigenvalue weighted by Gasteiger charge is -2.22. The Labute approximate surface area is 172 Å². The monoisotopic (exact) mass is 405 g/mol. The van der Waals surface area contributed by atoms with Gasteiger partial charge in [0.15, 0.2) is 0 Å². The van der Waals surface area contributed by atoms with Gasteiger partial charge in [-0.25, -0.2) is 0 Å². The molecule has 0 fully saturated rings. The minimum Gasteiger partial charge on any atom is -0.339 e. The van der Waals surface area contributed by atoms with Crippen LogP contribution in [-0.4, -0.2) is 30.9 Å². The molecule has 7 nitrogen and oxygen atoms in total. The molecule has 146 valence electrons. The first-order valence-electron chi connectivity index (χ1n) is 9.18. The molecule has 0 atom stereocenters. The molecule has 0 spiro atoms. The van der Waals surface area contributed by atoms with Crippen molar-refractivity contribution in [2.75, 3.05) is 0 Å². The third kappa shape index (κ3) is 5.11. The summed E-state index contributed by atoms with van der Waals surface area (Å²) in [6.07, 6.45) is 7.64. The average Bonchev–Trinajstić information content (AvgIpc) is 3.45. The quantitative estimate of drug-likeness (QED) is 0.444. The van der Waals surface area contributed by atoms with Crippen LogP contribution < -0.4 is 0 Å². The molecular formula is C21H19N5O2S. The van der Waals surface area contributed by atoms with Crippen molar-refractivity contribution in [3.8, 4) is 11.4 Å². The Bertz CT molecular complexity index is 994. The van der Waals surface area contributed by atoms with Crippen LogP contribution in [-0.2, 0) is 24.3 Å². The van der Waals surface area contributed by atoms with Gasteiger partial charge in [0.1, 0.15) is 0 Å². The van der Waals surface area contributed by atoms with Gasteiger partial charge in [-0.1, -0.05) is 11.2 Å². The highest BCUT2D eigenvalue weighted by Gasteiger charge is 2.17. The van der Waals surface area contributed by atoms with Crippen molar-refractivity contribution in [1.29, 1.82) is 0 Å². The summed E-state index contributed by atoms with van der Waals surface area (Å²) in [6.45, 7) is 0.985. The molecule has 4 heterocycles. The predicted octanol–water partition coefficient (Wildman–Crippen LogP) is 3.75. The average molecular weight is 405 g/mol. The summed E-state index contributed by atoms with van der Waals surface area (Å²) in [5.41, 5.74) is 2.93. The van der Waals surface area contributed by atoms with Crippen molar-refractivity contribution in [2.45, 2.75) is 25.9 Å². The number of rotatable bonds is 8. The molecule has 8 heteroatoms. The number of hydrogen-bond acceptors (Lipinski definition) is 7. The van der Waals surface area contributed by atoms with E-state index in [1.165, 1.54) is 0 Å². The van der Waals surface area contributed by atoms with E-state index in [0.29, 0.717) is 31.2 Å². The van der Waals surface area contributed by atoms with Crippen molar-refractivity contribution in [2.24, 2.45) is 0 Å². The van der Waals surface area contributed by atoms with Crippen LogP contribution in [0.25, 0.3) is 11.4 Å². The first-order chi connectivity index (χ1) is 14.3. The lowest BCUT2D eigenvalue weighted by atomic mass is 10.2. The number of aromatic nitrogens is 4. The van der Waals surface area contributed by atoms with Crippen LogP contribution in [0.4, 0.5) is 0 Å². The maximum absolute atomic E-state index is 13.0. The van der Waals surface area contributed by atoms with Crippen molar-refractivity contribution in [3.05, 3.63) is 82.9 Å². The highest BCUT2D eigenvalue weighted by atomic mass is 32.1. The molecule has 4 aromatic heterocycles. The molecule has 0 bridgehead atoms.